The first-order chi connectivity index (χ1) is 5.45. The van der Waals surface area contributed by atoms with E-state index in [9.17, 15) is 4.39 Å². The van der Waals surface area contributed by atoms with Crippen molar-refractivity contribution in [3.8, 4) is 0 Å². The van der Waals surface area contributed by atoms with Crippen molar-refractivity contribution >= 4 is 0 Å². The van der Waals surface area contributed by atoms with Crippen LogP contribution in [0.5, 0.6) is 0 Å². The molecule has 2 heteroatoms. The number of alkyl halides is 1. The molecule has 1 nitrogen and oxygen atoms in total. The number of halogens is 1. The van der Waals surface area contributed by atoms with Crippen molar-refractivity contribution in [3.63, 3.8) is 0 Å². The summed E-state index contributed by atoms with van der Waals surface area (Å²) in [5.41, 5.74) is -0.0107. The maximum atomic E-state index is 13.8. The van der Waals surface area contributed by atoms with Gasteiger partial charge in [0, 0.05) is 11.1 Å². The highest BCUT2D eigenvalue weighted by Gasteiger charge is 2.53. The Balaban J connectivity index is 2.28. The van der Waals surface area contributed by atoms with Crippen LogP contribution in [0.15, 0.2) is 0 Å². The van der Waals surface area contributed by atoms with E-state index in [1.165, 1.54) is 0 Å². The topological polar surface area (TPSA) is 12.0 Å². The van der Waals surface area contributed by atoms with E-state index in [2.05, 4.69) is 12.2 Å². The lowest BCUT2D eigenvalue weighted by atomic mass is 9.80. The normalized spacial score (nSPS) is 59.0. The molecule has 0 saturated carbocycles. The van der Waals surface area contributed by atoms with Gasteiger partial charge >= 0.3 is 0 Å². The molecule has 12 heavy (non-hydrogen) atoms. The summed E-state index contributed by atoms with van der Waals surface area (Å²) < 4.78 is 13.8. The van der Waals surface area contributed by atoms with Crippen molar-refractivity contribution < 1.29 is 4.39 Å². The smallest absolute Gasteiger partial charge is 0.121 e. The van der Waals surface area contributed by atoms with E-state index in [4.69, 9.17) is 0 Å². The molecule has 70 valence electrons. The average Bonchev–Trinajstić information content (AvgIpc) is 2.22. The van der Waals surface area contributed by atoms with Crippen LogP contribution in [0.3, 0.4) is 0 Å². The molecule has 2 aliphatic heterocycles. The van der Waals surface area contributed by atoms with Gasteiger partial charge in [-0.1, -0.05) is 6.92 Å². The zero-order chi connectivity index (χ0) is 8.98. The van der Waals surface area contributed by atoms with E-state index in [0.29, 0.717) is 0 Å². The first-order valence-electron chi connectivity index (χ1n) is 4.89. The van der Waals surface area contributed by atoms with Crippen LogP contribution in [0.4, 0.5) is 4.39 Å². The van der Waals surface area contributed by atoms with Gasteiger partial charge in [0.15, 0.2) is 0 Å². The number of nitrogens with one attached hydrogen (secondary N) is 1. The molecule has 0 aliphatic carbocycles. The van der Waals surface area contributed by atoms with Gasteiger partial charge in [0.05, 0.1) is 0 Å². The van der Waals surface area contributed by atoms with Crippen molar-refractivity contribution in [1.29, 1.82) is 0 Å². The van der Waals surface area contributed by atoms with Gasteiger partial charge < -0.3 is 5.32 Å². The van der Waals surface area contributed by atoms with Crippen molar-refractivity contribution in [2.45, 2.75) is 57.3 Å². The van der Waals surface area contributed by atoms with Crippen LogP contribution >= 0.6 is 0 Å². The zero-order valence-corrected chi connectivity index (χ0v) is 8.15. The molecule has 2 heterocycles. The minimum absolute atomic E-state index is 0.219. The maximum Gasteiger partial charge on any atom is 0.121 e. The second kappa shape index (κ2) is 2.22. The number of hydrogen-bond acceptors (Lipinski definition) is 1. The maximum absolute atomic E-state index is 13.8. The molecule has 4 atom stereocenters. The molecule has 2 saturated heterocycles. The fraction of sp³-hybridized carbons (Fsp3) is 1.00. The monoisotopic (exact) mass is 171 g/mol. The standard InChI is InChI=1S/C10H18FN/c1-7-6-9(2)4-5-10(3,12-9)8(7)11/h7-8,12H,4-6H2,1-3H3/t7?,8-,9-,10+/m0/s1. The van der Waals surface area contributed by atoms with Crippen molar-refractivity contribution in [3.05, 3.63) is 0 Å². The van der Waals surface area contributed by atoms with Crippen molar-refractivity contribution in [1.82, 2.24) is 5.32 Å². The Hall–Kier alpha value is -0.110. The molecule has 1 unspecified atom stereocenters. The van der Waals surface area contributed by atoms with E-state index in [-0.39, 0.29) is 17.0 Å². The lowest BCUT2D eigenvalue weighted by Gasteiger charge is -2.43. The second-order valence-electron chi connectivity index (χ2n) is 5.19. The van der Waals surface area contributed by atoms with Crippen molar-refractivity contribution in [2.24, 2.45) is 5.92 Å². The summed E-state index contributed by atoms with van der Waals surface area (Å²) in [4.78, 5) is 0. The van der Waals surface area contributed by atoms with Crippen LogP contribution in [0.25, 0.3) is 0 Å². The van der Waals surface area contributed by atoms with Crippen LogP contribution in [0, 0.1) is 5.92 Å². The van der Waals surface area contributed by atoms with E-state index < -0.39 is 6.17 Å². The largest absolute Gasteiger partial charge is 0.304 e. The van der Waals surface area contributed by atoms with E-state index in [1.54, 1.807) is 0 Å². The molecular weight excluding hydrogens is 153 g/mol. The van der Waals surface area contributed by atoms with Gasteiger partial charge in [-0.25, -0.2) is 4.39 Å². The minimum Gasteiger partial charge on any atom is -0.304 e. The van der Waals surface area contributed by atoms with Crippen LogP contribution in [-0.4, -0.2) is 17.2 Å². The summed E-state index contributed by atoms with van der Waals surface area (Å²) in [6.07, 6.45) is 2.46. The third-order valence-electron chi connectivity index (χ3n) is 3.66. The van der Waals surface area contributed by atoms with Crippen molar-refractivity contribution in [2.75, 3.05) is 0 Å². The number of piperidine rings is 1. The first-order valence-corrected chi connectivity index (χ1v) is 4.89. The summed E-state index contributed by atoms with van der Waals surface area (Å²) in [7, 11) is 0. The van der Waals surface area contributed by atoms with Gasteiger partial charge in [0.1, 0.15) is 6.17 Å². The Kier molecular flexibility index (Phi) is 1.57. The summed E-state index contributed by atoms with van der Waals surface area (Å²) in [6, 6.07) is 0. The molecule has 0 aromatic rings. The zero-order valence-electron chi connectivity index (χ0n) is 8.15. The van der Waals surface area contributed by atoms with Crippen LogP contribution in [0.1, 0.15) is 40.0 Å². The van der Waals surface area contributed by atoms with Gasteiger partial charge in [-0.05, 0) is 39.0 Å². The highest BCUT2D eigenvalue weighted by Crippen LogP contribution is 2.45. The highest BCUT2D eigenvalue weighted by atomic mass is 19.1. The third-order valence-corrected chi connectivity index (χ3v) is 3.66. The molecule has 2 bridgehead atoms. The fourth-order valence-electron chi connectivity index (χ4n) is 3.15. The van der Waals surface area contributed by atoms with Gasteiger partial charge in [-0.2, -0.15) is 0 Å². The molecule has 1 N–H and O–H groups in total. The Labute approximate surface area is 73.7 Å². The first kappa shape index (κ1) is 8.49. The molecular formula is C10H18FN. The van der Waals surface area contributed by atoms with E-state index in [0.717, 1.165) is 19.3 Å². The highest BCUT2D eigenvalue weighted by molar-refractivity contribution is 5.11. The van der Waals surface area contributed by atoms with Gasteiger partial charge in [0.25, 0.3) is 0 Å². The average molecular weight is 171 g/mol. The van der Waals surface area contributed by atoms with Gasteiger partial charge in [-0.3, -0.25) is 0 Å². The van der Waals surface area contributed by atoms with Crippen LogP contribution in [0.2, 0.25) is 0 Å². The number of hydrogen-bond donors (Lipinski definition) is 1. The lowest BCUT2D eigenvalue weighted by molar-refractivity contribution is 0.0598. The summed E-state index contributed by atoms with van der Waals surface area (Å²) >= 11 is 0. The molecule has 2 fully saturated rings. The molecule has 0 spiro atoms. The summed E-state index contributed by atoms with van der Waals surface area (Å²) in [5.74, 6) is 0.226. The fourth-order valence-corrected chi connectivity index (χ4v) is 3.15. The SMILES string of the molecule is CC1C[C@]2(C)CC[C@@](C)(N2)[C@H]1F. The predicted molar refractivity (Wildman–Crippen MR) is 47.9 cm³/mol. The minimum atomic E-state index is -0.659. The molecule has 0 aromatic heterocycles. The van der Waals surface area contributed by atoms with Crippen LogP contribution < -0.4 is 5.32 Å². The molecule has 2 aliphatic rings. The Morgan fingerprint density at radius 2 is 2.00 bits per heavy atom. The molecule has 2 rings (SSSR count). The number of fused-ring (bicyclic) bond motifs is 2. The third kappa shape index (κ3) is 1.00. The Morgan fingerprint density at radius 1 is 1.33 bits per heavy atom. The summed E-state index contributed by atoms with van der Waals surface area (Å²) in [5, 5.41) is 3.45. The quantitative estimate of drug-likeness (QED) is 0.589. The second-order valence-corrected chi connectivity index (χ2v) is 5.19. The molecule has 0 aromatic carbocycles. The Bertz CT molecular complexity index is 206. The van der Waals surface area contributed by atoms with Crippen LogP contribution in [-0.2, 0) is 0 Å². The summed E-state index contributed by atoms with van der Waals surface area (Å²) in [6.45, 7) is 6.28. The predicted octanol–water partition coefficient (Wildman–Crippen LogP) is 2.27. The molecule has 0 radical (unpaired) electrons. The molecule has 0 amide bonds. The Morgan fingerprint density at radius 3 is 2.67 bits per heavy atom. The van der Waals surface area contributed by atoms with E-state index >= 15 is 0 Å². The van der Waals surface area contributed by atoms with Gasteiger partial charge in [0.2, 0.25) is 0 Å². The van der Waals surface area contributed by atoms with Gasteiger partial charge in [-0.15, -0.1) is 0 Å². The van der Waals surface area contributed by atoms with E-state index in [1.807, 2.05) is 13.8 Å². The number of rotatable bonds is 0. The lowest BCUT2D eigenvalue weighted by Crippen LogP contribution is -2.59.